The maximum Gasteiger partial charge on any atom is 0.160 e. The van der Waals surface area contributed by atoms with Crippen molar-refractivity contribution in [3.63, 3.8) is 0 Å². The van der Waals surface area contributed by atoms with Crippen LogP contribution in [0.4, 0.5) is 0 Å². The van der Waals surface area contributed by atoms with Crippen molar-refractivity contribution >= 4 is 63.8 Å². The highest BCUT2D eigenvalue weighted by atomic mass is 32.1. The zero-order valence-corrected chi connectivity index (χ0v) is 33.9. The molecule has 2 heterocycles. The number of rotatable bonds is 6. The van der Waals surface area contributed by atoms with Gasteiger partial charge in [0.2, 0.25) is 0 Å². The number of hydrogen-bond acceptors (Lipinski definition) is 3. The summed E-state index contributed by atoms with van der Waals surface area (Å²) in [4.78, 5) is 10.4. The van der Waals surface area contributed by atoms with E-state index in [9.17, 15) is 0 Å². The zero-order chi connectivity index (χ0) is 40.3. The second-order valence-corrected chi connectivity index (χ2v) is 16.7. The molecule has 12 rings (SSSR count). The number of hydrogen-bond donors (Lipinski definition) is 0. The van der Waals surface area contributed by atoms with E-state index in [0.717, 1.165) is 39.2 Å². The number of aromatic nitrogens is 2. The fourth-order valence-corrected chi connectivity index (χ4v) is 10.4. The molecule has 0 N–H and O–H groups in total. The Morgan fingerprint density at radius 3 is 1.69 bits per heavy atom. The van der Waals surface area contributed by atoms with Crippen LogP contribution in [0, 0.1) is 0 Å². The first-order valence-electron chi connectivity index (χ1n) is 20.7. The Hall–Kier alpha value is -7.72. The van der Waals surface area contributed by atoms with Crippen molar-refractivity contribution in [1.82, 2.24) is 9.97 Å². The van der Waals surface area contributed by atoms with Crippen molar-refractivity contribution in [3.8, 4) is 67.3 Å². The molecule has 3 heteroatoms. The first-order valence-corrected chi connectivity index (χ1v) is 21.5. The molecule has 284 valence electrons. The van der Waals surface area contributed by atoms with Crippen molar-refractivity contribution in [1.29, 1.82) is 0 Å². The lowest BCUT2D eigenvalue weighted by atomic mass is 9.89. The molecule has 0 aliphatic heterocycles. The van der Waals surface area contributed by atoms with Gasteiger partial charge in [0.15, 0.2) is 5.82 Å². The monoisotopic (exact) mass is 792 g/mol. The van der Waals surface area contributed by atoms with Crippen molar-refractivity contribution in [2.24, 2.45) is 0 Å². The number of benzene rings is 10. The van der Waals surface area contributed by atoms with Gasteiger partial charge in [-0.2, -0.15) is 0 Å². The highest BCUT2D eigenvalue weighted by Gasteiger charge is 2.18. The third-order valence-corrected chi connectivity index (χ3v) is 13.3. The van der Waals surface area contributed by atoms with Gasteiger partial charge in [0.05, 0.1) is 11.4 Å². The van der Waals surface area contributed by atoms with E-state index >= 15 is 0 Å². The van der Waals surface area contributed by atoms with E-state index in [1.54, 1.807) is 0 Å². The zero-order valence-electron chi connectivity index (χ0n) is 33.1. The molecule has 0 unspecified atom stereocenters. The first kappa shape index (κ1) is 35.2. The Balaban J connectivity index is 0.932. The number of fused-ring (bicyclic) bond motifs is 7. The summed E-state index contributed by atoms with van der Waals surface area (Å²) in [7, 11) is 0. The second kappa shape index (κ2) is 14.5. The number of thiophene rings is 1. The lowest BCUT2D eigenvalue weighted by Crippen LogP contribution is -1.97. The van der Waals surface area contributed by atoms with E-state index in [2.05, 4.69) is 200 Å². The van der Waals surface area contributed by atoms with Gasteiger partial charge >= 0.3 is 0 Å². The molecule has 61 heavy (non-hydrogen) atoms. The normalized spacial score (nSPS) is 11.6. The van der Waals surface area contributed by atoms with E-state index in [-0.39, 0.29) is 0 Å². The van der Waals surface area contributed by atoms with Crippen molar-refractivity contribution in [3.05, 3.63) is 218 Å². The molecule has 0 aliphatic rings. The quantitative estimate of drug-likeness (QED) is 0.124. The average molecular weight is 793 g/mol. The van der Waals surface area contributed by atoms with Gasteiger partial charge in [0.25, 0.3) is 0 Å². The molecule has 0 radical (unpaired) electrons. The van der Waals surface area contributed by atoms with E-state index < -0.39 is 0 Å². The lowest BCUT2D eigenvalue weighted by Gasteiger charge is -2.15. The van der Waals surface area contributed by atoms with Gasteiger partial charge in [-0.25, -0.2) is 9.97 Å². The standard InChI is InChI=1S/C58H36N2S/c1-2-14-42(15-3-1)58-59-53(36-54(60-58)47-20-9-8-19-46(47)50-22-12-23-51-48-21-10-11-24-55(48)61-57(50)51)40-29-25-37(26-30-40)38-27-31-41(32-28-38)56-45-18-7-5-16-43(45)35-52-44-17-6-4-13-39(44)33-34-49(52)56/h1-36H. The molecule has 12 aromatic rings. The Kier molecular flexibility index (Phi) is 8.39. The second-order valence-electron chi connectivity index (χ2n) is 15.7. The van der Waals surface area contributed by atoms with Crippen molar-refractivity contribution in [2.75, 3.05) is 0 Å². The van der Waals surface area contributed by atoms with E-state index in [0.29, 0.717) is 5.82 Å². The van der Waals surface area contributed by atoms with Crippen molar-refractivity contribution < 1.29 is 0 Å². The molecule has 0 bridgehead atoms. The molecule has 0 spiro atoms. The van der Waals surface area contributed by atoms with Crippen LogP contribution in [0.1, 0.15) is 0 Å². The van der Waals surface area contributed by atoms with Gasteiger partial charge in [0.1, 0.15) is 0 Å². The lowest BCUT2D eigenvalue weighted by molar-refractivity contribution is 1.18. The van der Waals surface area contributed by atoms with Gasteiger partial charge < -0.3 is 0 Å². The van der Waals surface area contributed by atoms with Gasteiger partial charge in [-0.15, -0.1) is 11.3 Å². The molecule has 0 saturated heterocycles. The fraction of sp³-hybridized carbons (Fsp3) is 0. The van der Waals surface area contributed by atoms with E-state index in [1.807, 2.05) is 29.5 Å². The van der Waals surface area contributed by atoms with E-state index in [4.69, 9.17) is 9.97 Å². The maximum absolute atomic E-state index is 5.25. The van der Waals surface area contributed by atoms with Crippen molar-refractivity contribution in [2.45, 2.75) is 0 Å². The van der Waals surface area contributed by atoms with Crippen LogP contribution in [0.2, 0.25) is 0 Å². The summed E-state index contributed by atoms with van der Waals surface area (Å²) in [5.74, 6) is 0.705. The van der Waals surface area contributed by atoms with Crippen LogP contribution in [0.25, 0.3) is 120 Å². The molecule has 2 nitrogen and oxygen atoms in total. The molecule has 0 fully saturated rings. The Labute approximate surface area is 357 Å². The molecular weight excluding hydrogens is 757 g/mol. The molecule has 0 atom stereocenters. The Bertz CT molecular complexity index is 3620. The Morgan fingerprint density at radius 2 is 0.885 bits per heavy atom. The molecule has 0 amide bonds. The largest absolute Gasteiger partial charge is 0.228 e. The SMILES string of the molecule is c1ccc(-c2nc(-c3ccc(-c4ccc(-c5c6ccccc6cc6c5ccc5ccccc56)cc4)cc3)cc(-c3ccccc3-c3cccc4c3sc3ccccc34)n2)cc1. The Morgan fingerprint density at radius 1 is 0.295 bits per heavy atom. The topological polar surface area (TPSA) is 25.8 Å². The smallest absolute Gasteiger partial charge is 0.160 e. The molecule has 0 aliphatic carbocycles. The van der Waals surface area contributed by atoms with Gasteiger partial charge in [-0.1, -0.05) is 200 Å². The molecule has 2 aromatic heterocycles. The number of nitrogens with zero attached hydrogens (tertiary/aromatic N) is 2. The summed E-state index contributed by atoms with van der Waals surface area (Å²) in [6, 6.07) is 78.7. The van der Waals surface area contributed by atoms with Crippen LogP contribution in [0.3, 0.4) is 0 Å². The third kappa shape index (κ3) is 6.09. The van der Waals surface area contributed by atoms with E-state index in [1.165, 1.54) is 74.7 Å². The molecule has 0 saturated carbocycles. The van der Waals surface area contributed by atoms with Crippen LogP contribution in [-0.2, 0) is 0 Å². The predicted molar refractivity (Wildman–Crippen MR) is 260 cm³/mol. The first-order chi connectivity index (χ1) is 30.2. The summed E-state index contributed by atoms with van der Waals surface area (Å²) in [6.07, 6.45) is 0. The summed E-state index contributed by atoms with van der Waals surface area (Å²) < 4.78 is 2.58. The minimum atomic E-state index is 0.705. The van der Waals surface area contributed by atoms with Gasteiger partial charge in [-0.05, 0) is 78.3 Å². The van der Waals surface area contributed by atoms with Gasteiger partial charge in [-0.3, -0.25) is 0 Å². The molecular formula is C58H36N2S. The van der Waals surface area contributed by atoms with Crippen LogP contribution >= 0.6 is 11.3 Å². The highest BCUT2D eigenvalue weighted by molar-refractivity contribution is 7.26. The summed E-state index contributed by atoms with van der Waals surface area (Å²) in [6.45, 7) is 0. The minimum absolute atomic E-state index is 0.705. The minimum Gasteiger partial charge on any atom is -0.228 e. The fourth-order valence-electron chi connectivity index (χ4n) is 9.14. The summed E-state index contributed by atoms with van der Waals surface area (Å²) >= 11 is 1.85. The summed E-state index contributed by atoms with van der Waals surface area (Å²) in [5.41, 5.74) is 12.1. The van der Waals surface area contributed by atoms with Crippen LogP contribution < -0.4 is 0 Å². The van der Waals surface area contributed by atoms with Crippen LogP contribution in [0.15, 0.2) is 218 Å². The predicted octanol–water partition coefficient (Wildman–Crippen LogP) is 16.3. The summed E-state index contributed by atoms with van der Waals surface area (Å²) in [5, 5.41) is 10.2. The third-order valence-electron chi connectivity index (χ3n) is 12.1. The highest BCUT2D eigenvalue weighted by Crippen LogP contribution is 2.44. The van der Waals surface area contributed by atoms with Gasteiger partial charge in [0, 0.05) is 42.4 Å². The van der Waals surface area contributed by atoms with Crippen LogP contribution in [-0.4, -0.2) is 9.97 Å². The maximum atomic E-state index is 5.25. The molecule has 10 aromatic carbocycles. The van der Waals surface area contributed by atoms with Crippen LogP contribution in [0.5, 0.6) is 0 Å². The average Bonchev–Trinajstić information content (AvgIpc) is 3.73.